The number of carbonyl (C=O) groups excluding carboxylic acids is 1. The summed E-state index contributed by atoms with van der Waals surface area (Å²) in [5.74, 6) is 0.453. The maximum absolute atomic E-state index is 13.1. The topological polar surface area (TPSA) is 89.2 Å². The van der Waals surface area contributed by atoms with Crippen molar-refractivity contribution in [1.29, 1.82) is 0 Å². The molecule has 2 aromatic carbocycles. The molecule has 2 heterocycles. The Hall–Kier alpha value is -3.32. The number of hydrogen-bond donors (Lipinski definition) is 1. The lowest BCUT2D eigenvalue weighted by atomic mass is 10.1. The summed E-state index contributed by atoms with van der Waals surface area (Å²) >= 11 is 0. The van der Waals surface area contributed by atoms with Crippen LogP contribution in [0, 0.1) is 6.92 Å². The van der Waals surface area contributed by atoms with E-state index in [1.54, 1.807) is 37.3 Å². The summed E-state index contributed by atoms with van der Waals surface area (Å²) in [6.45, 7) is 4.10. The minimum Gasteiger partial charge on any atom is -0.507 e. The van der Waals surface area contributed by atoms with Crippen molar-refractivity contribution in [2.24, 2.45) is 0 Å². The lowest BCUT2D eigenvalue weighted by Crippen LogP contribution is -2.19. The van der Waals surface area contributed by atoms with Crippen LogP contribution in [0.1, 0.15) is 34.5 Å². The van der Waals surface area contributed by atoms with Gasteiger partial charge < -0.3 is 19.0 Å². The van der Waals surface area contributed by atoms with Crippen LogP contribution in [-0.2, 0) is 11.3 Å². The van der Waals surface area contributed by atoms with Gasteiger partial charge in [0, 0.05) is 6.54 Å². The van der Waals surface area contributed by atoms with E-state index in [4.69, 9.17) is 9.15 Å². The molecule has 30 heavy (non-hydrogen) atoms. The van der Waals surface area contributed by atoms with Crippen molar-refractivity contribution in [3.05, 3.63) is 63.5 Å². The zero-order valence-corrected chi connectivity index (χ0v) is 16.9. The number of aryl methyl sites for hydroxylation is 1. The van der Waals surface area contributed by atoms with Crippen LogP contribution in [0.25, 0.3) is 11.0 Å². The minimum atomic E-state index is -0.451. The molecule has 0 radical (unpaired) electrons. The molecule has 0 bridgehead atoms. The molecule has 0 spiro atoms. The lowest BCUT2D eigenvalue weighted by Gasteiger charge is -2.17. The molecule has 0 atom stereocenters. The van der Waals surface area contributed by atoms with E-state index in [0.717, 1.165) is 25.9 Å². The Balaban J connectivity index is 1.70. The second-order valence-electron chi connectivity index (χ2n) is 7.36. The third kappa shape index (κ3) is 3.76. The Morgan fingerprint density at radius 3 is 2.50 bits per heavy atom. The number of methoxy groups -OCH3 is 1. The summed E-state index contributed by atoms with van der Waals surface area (Å²) in [5.41, 5.74) is 1.07. The third-order valence-electron chi connectivity index (χ3n) is 5.34. The summed E-state index contributed by atoms with van der Waals surface area (Å²) in [6, 6.07) is 9.37. The summed E-state index contributed by atoms with van der Waals surface area (Å²) in [7, 11) is 1.31. The van der Waals surface area contributed by atoms with Gasteiger partial charge in [-0.05, 0) is 69.3 Å². The van der Waals surface area contributed by atoms with Gasteiger partial charge in [-0.3, -0.25) is 9.69 Å². The highest BCUT2D eigenvalue weighted by Gasteiger charge is 2.21. The number of fused-ring (bicyclic) bond motifs is 1. The molecule has 1 aromatic heterocycles. The predicted octanol–water partition coefficient (Wildman–Crippen LogP) is 3.98. The van der Waals surface area contributed by atoms with Crippen LogP contribution in [0.2, 0.25) is 0 Å². The van der Waals surface area contributed by atoms with E-state index >= 15 is 0 Å². The first-order valence-electron chi connectivity index (χ1n) is 9.85. The highest BCUT2D eigenvalue weighted by Crippen LogP contribution is 2.32. The zero-order valence-electron chi connectivity index (χ0n) is 16.9. The van der Waals surface area contributed by atoms with Gasteiger partial charge in [-0.15, -0.1) is 0 Å². The molecule has 0 saturated carbocycles. The molecule has 156 valence electrons. The van der Waals surface area contributed by atoms with E-state index in [1.807, 2.05) is 0 Å². The summed E-state index contributed by atoms with van der Waals surface area (Å²) in [6.07, 6.45) is 2.25. The number of benzene rings is 2. The van der Waals surface area contributed by atoms with Gasteiger partial charge in [0.2, 0.25) is 11.2 Å². The highest BCUT2D eigenvalue weighted by atomic mass is 16.5. The second kappa shape index (κ2) is 8.20. The normalized spacial score (nSPS) is 14.2. The maximum atomic E-state index is 13.1. The van der Waals surface area contributed by atoms with Crippen LogP contribution >= 0.6 is 0 Å². The number of likely N-dealkylation sites (tertiary alicyclic amines) is 1. The van der Waals surface area contributed by atoms with E-state index in [9.17, 15) is 14.7 Å². The number of aromatic hydroxyl groups is 1. The molecule has 0 amide bonds. The van der Waals surface area contributed by atoms with Gasteiger partial charge in [-0.25, -0.2) is 4.79 Å². The predicted molar refractivity (Wildman–Crippen MR) is 111 cm³/mol. The van der Waals surface area contributed by atoms with E-state index in [2.05, 4.69) is 9.64 Å². The first-order valence-corrected chi connectivity index (χ1v) is 9.85. The number of ether oxygens (including phenoxy) is 2. The SMILES string of the molecule is COC(=O)c1ccc(Oc2c(C)oc3c(CN4CCCC4)c(O)ccc3c2=O)cc1. The Morgan fingerprint density at radius 2 is 1.83 bits per heavy atom. The Morgan fingerprint density at radius 1 is 1.13 bits per heavy atom. The van der Waals surface area contributed by atoms with Crippen molar-refractivity contribution in [1.82, 2.24) is 4.90 Å². The first-order chi connectivity index (χ1) is 14.5. The fraction of sp³-hybridized carbons (Fsp3) is 0.304. The van der Waals surface area contributed by atoms with Crippen molar-refractivity contribution in [3.8, 4) is 17.2 Å². The quantitative estimate of drug-likeness (QED) is 0.638. The number of carbonyl (C=O) groups is 1. The molecule has 4 rings (SSSR count). The standard InChI is InChI=1S/C23H23NO6/c1-14-21(30-16-7-5-15(6-8-16)23(27)28-2)20(26)17-9-10-19(25)18(22(17)29-14)13-24-11-3-4-12-24/h5-10,25H,3-4,11-13H2,1-2H3. The van der Waals surface area contributed by atoms with E-state index in [0.29, 0.717) is 40.2 Å². The molecule has 1 aliphatic heterocycles. The number of rotatable bonds is 5. The van der Waals surface area contributed by atoms with Gasteiger partial charge in [0.05, 0.1) is 23.6 Å². The van der Waals surface area contributed by atoms with Crippen molar-refractivity contribution >= 4 is 16.9 Å². The fourth-order valence-corrected chi connectivity index (χ4v) is 3.72. The third-order valence-corrected chi connectivity index (χ3v) is 5.34. The van der Waals surface area contributed by atoms with Gasteiger partial charge in [-0.1, -0.05) is 0 Å². The van der Waals surface area contributed by atoms with Crippen molar-refractivity contribution in [2.45, 2.75) is 26.3 Å². The Labute approximate surface area is 173 Å². The van der Waals surface area contributed by atoms with Crippen LogP contribution in [0.3, 0.4) is 0 Å². The number of hydrogen-bond acceptors (Lipinski definition) is 7. The molecule has 7 heteroatoms. The van der Waals surface area contributed by atoms with Gasteiger partial charge in [-0.2, -0.15) is 0 Å². The molecule has 1 N–H and O–H groups in total. The van der Waals surface area contributed by atoms with Crippen LogP contribution in [-0.4, -0.2) is 36.2 Å². The number of esters is 1. The minimum absolute atomic E-state index is 0.0751. The van der Waals surface area contributed by atoms with E-state index in [-0.39, 0.29) is 16.9 Å². The molecule has 1 aliphatic rings. The Bertz CT molecular complexity index is 1140. The van der Waals surface area contributed by atoms with Gasteiger partial charge in [0.25, 0.3) is 0 Å². The Kier molecular flexibility index (Phi) is 5.46. The van der Waals surface area contributed by atoms with Crippen molar-refractivity contribution in [2.75, 3.05) is 20.2 Å². The number of nitrogens with zero attached hydrogens (tertiary/aromatic N) is 1. The molecule has 0 aliphatic carbocycles. The molecular formula is C23H23NO6. The monoisotopic (exact) mass is 409 g/mol. The van der Waals surface area contributed by atoms with Gasteiger partial charge in [0.1, 0.15) is 22.8 Å². The largest absolute Gasteiger partial charge is 0.507 e. The molecule has 0 unspecified atom stereocenters. The second-order valence-corrected chi connectivity index (χ2v) is 7.36. The smallest absolute Gasteiger partial charge is 0.337 e. The molecule has 3 aromatic rings. The lowest BCUT2D eigenvalue weighted by molar-refractivity contribution is 0.0600. The zero-order chi connectivity index (χ0) is 21.3. The number of phenolic OH excluding ortho intramolecular Hbond substituents is 1. The number of phenols is 1. The van der Waals surface area contributed by atoms with Crippen LogP contribution in [0.15, 0.2) is 45.6 Å². The van der Waals surface area contributed by atoms with Crippen molar-refractivity contribution in [3.63, 3.8) is 0 Å². The van der Waals surface area contributed by atoms with Gasteiger partial charge >= 0.3 is 5.97 Å². The molecular weight excluding hydrogens is 386 g/mol. The van der Waals surface area contributed by atoms with E-state index in [1.165, 1.54) is 13.2 Å². The molecule has 7 nitrogen and oxygen atoms in total. The van der Waals surface area contributed by atoms with Crippen LogP contribution < -0.4 is 10.2 Å². The summed E-state index contributed by atoms with van der Waals surface area (Å²) in [5, 5.41) is 10.7. The van der Waals surface area contributed by atoms with Crippen LogP contribution in [0.4, 0.5) is 0 Å². The van der Waals surface area contributed by atoms with Crippen molar-refractivity contribution < 1.29 is 23.8 Å². The van der Waals surface area contributed by atoms with Crippen LogP contribution in [0.5, 0.6) is 17.2 Å². The average molecular weight is 409 g/mol. The molecule has 1 saturated heterocycles. The first kappa shape index (κ1) is 20.0. The molecule has 1 fully saturated rings. The van der Waals surface area contributed by atoms with E-state index < -0.39 is 5.97 Å². The summed E-state index contributed by atoms with van der Waals surface area (Å²) in [4.78, 5) is 26.9. The van der Waals surface area contributed by atoms with Gasteiger partial charge in [0.15, 0.2) is 0 Å². The average Bonchev–Trinajstić information content (AvgIpc) is 3.26. The fourth-order valence-electron chi connectivity index (χ4n) is 3.72. The highest BCUT2D eigenvalue weighted by molar-refractivity contribution is 5.89. The summed E-state index contributed by atoms with van der Waals surface area (Å²) < 4.78 is 16.4. The maximum Gasteiger partial charge on any atom is 0.337 e.